The first-order valence-electron chi connectivity index (χ1n) is 5.00. The van der Waals surface area contributed by atoms with Crippen LogP contribution in [0.15, 0.2) is 30.3 Å². The second kappa shape index (κ2) is 5.70. The van der Waals surface area contributed by atoms with Crippen LogP contribution in [-0.4, -0.2) is 18.4 Å². The molecule has 0 spiro atoms. The Labute approximate surface area is 94.1 Å². The van der Waals surface area contributed by atoms with Gasteiger partial charge in [0.1, 0.15) is 0 Å². The summed E-state index contributed by atoms with van der Waals surface area (Å²) in [4.78, 5) is 22.3. The smallest absolute Gasteiger partial charge is 0.251 e. The van der Waals surface area contributed by atoms with Gasteiger partial charge in [0.15, 0.2) is 0 Å². The fourth-order valence-electron chi connectivity index (χ4n) is 1.28. The molecule has 0 radical (unpaired) electrons. The Morgan fingerprint density at radius 2 is 2.06 bits per heavy atom. The number of nitrogens with one attached hydrogen (secondary N) is 1. The maximum Gasteiger partial charge on any atom is 0.251 e. The molecule has 0 aliphatic rings. The Morgan fingerprint density at radius 3 is 2.69 bits per heavy atom. The third-order valence-electron chi connectivity index (χ3n) is 1.97. The summed E-state index contributed by atoms with van der Waals surface area (Å²) in [7, 11) is 0. The molecule has 16 heavy (non-hydrogen) atoms. The molecule has 0 fully saturated rings. The molecule has 1 aromatic carbocycles. The van der Waals surface area contributed by atoms with Gasteiger partial charge in [-0.3, -0.25) is 9.59 Å². The van der Waals surface area contributed by atoms with E-state index in [1.54, 1.807) is 24.3 Å². The summed E-state index contributed by atoms with van der Waals surface area (Å²) >= 11 is 0. The van der Waals surface area contributed by atoms with Crippen molar-refractivity contribution in [3.63, 3.8) is 0 Å². The fourth-order valence-corrected chi connectivity index (χ4v) is 1.28. The highest BCUT2D eigenvalue weighted by Gasteiger charge is 2.07. The highest BCUT2D eigenvalue weighted by Crippen LogP contribution is 2.10. The predicted molar refractivity (Wildman–Crippen MR) is 62.7 cm³/mol. The maximum atomic E-state index is 11.6. The van der Waals surface area contributed by atoms with Gasteiger partial charge in [-0.2, -0.15) is 0 Å². The van der Waals surface area contributed by atoms with Crippen molar-refractivity contribution in [2.45, 2.75) is 6.92 Å². The van der Waals surface area contributed by atoms with Crippen molar-refractivity contribution in [2.24, 2.45) is 5.73 Å². The molecule has 0 aliphatic carbocycles. The topological polar surface area (TPSA) is 72.2 Å². The minimum Gasteiger partial charge on any atom is -0.366 e. The number of carbonyl (C=O) groups is 2. The molecule has 84 valence electrons. The quantitative estimate of drug-likeness (QED) is 0.738. The number of hydrogen-bond acceptors (Lipinski definition) is 2. The van der Waals surface area contributed by atoms with Gasteiger partial charge in [-0.15, -0.1) is 0 Å². The highest BCUT2D eigenvalue weighted by molar-refractivity contribution is 5.99. The number of benzene rings is 1. The Kier molecular flexibility index (Phi) is 4.27. The molecule has 4 nitrogen and oxygen atoms in total. The average Bonchev–Trinajstić information content (AvgIpc) is 2.27. The van der Waals surface area contributed by atoms with Gasteiger partial charge in [0, 0.05) is 18.2 Å². The van der Waals surface area contributed by atoms with Crippen LogP contribution in [0.2, 0.25) is 0 Å². The lowest BCUT2D eigenvalue weighted by molar-refractivity contribution is -0.113. The predicted octanol–water partition coefficient (Wildman–Crippen LogP) is 0.935. The molecule has 0 aliphatic heterocycles. The van der Waals surface area contributed by atoms with Crippen LogP contribution >= 0.6 is 0 Å². The van der Waals surface area contributed by atoms with E-state index in [2.05, 4.69) is 5.32 Å². The summed E-state index contributed by atoms with van der Waals surface area (Å²) in [5, 5.41) is 2.70. The van der Waals surface area contributed by atoms with Crippen molar-refractivity contribution in [1.29, 1.82) is 0 Å². The Morgan fingerprint density at radius 1 is 1.38 bits per heavy atom. The molecule has 0 atom stereocenters. The van der Waals surface area contributed by atoms with Crippen LogP contribution < -0.4 is 11.1 Å². The summed E-state index contributed by atoms with van der Waals surface area (Å²) in [6, 6.07) is 7.02. The molecule has 0 heterocycles. The van der Waals surface area contributed by atoms with Gasteiger partial charge < -0.3 is 11.1 Å². The van der Waals surface area contributed by atoms with Crippen LogP contribution in [-0.2, 0) is 4.79 Å². The van der Waals surface area contributed by atoms with Crippen LogP contribution in [0, 0.1) is 0 Å². The third kappa shape index (κ3) is 3.24. The molecule has 3 N–H and O–H groups in total. The highest BCUT2D eigenvalue weighted by atomic mass is 16.1. The van der Waals surface area contributed by atoms with Crippen molar-refractivity contribution < 1.29 is 9.59 Å². The van der Waals surface area contributed by atoms with Crippen molar-refractivity contribution in [3.8, 4) is 0 Å². The molecule has 0 aromatic heterocycles. The van der Waals surface area contributed by atoms with E-state index in [0.29, 0.717) is 17.7 Å². The minimum absolute atomic E-state index is 0.160. The van der Waals surface area contributed by atoms with Gasteiger partial charge in [0.05, 0.1) is 0 Å². The number of hydrogen-bond donors (Lipinski definition) is 2. The van der Waals surface area contributed by atoms with E-state index in [0.717, 1.165) is 0 Å². The molecule has 0 saturated heterocycles. The Balaban J connectivity index is 3.00. The molecule has 1 aromatic rings. The lowest BCUT2D eigenvalue weighted by Crippen LogP contribution is -2.23. The SMILES string of the molecule is CCNC(=O)c1ccccc1/C=C/C(N)=O. The van der Waals surface area contributed by atoms with E-state index in [4.69, 9.17) is 5.73 Å². The molecular formula is C12H14N2O2. The largest absolute Gasteiger partial charge is 0.366 e. The molecule has 4 heteroatoms. The maximum absolute atomic E-state index is 11.6. The Bertz CT molecular complexity index is 425. The number of nitrogens with two attached hydrogens (primary N) is 1. The van der Waals surface area contributed by atoms with Gasteiger partial charge in [0.25, 0.3) is 5.91 Å². The number of amides is 2. The van der Waals surface area contributed by atoms with Crippen LogP contribution in [0.5, 0.6) is 0 Å². The standard InChI is InChI=1S/C12H14N2O2/c1-2-14-12(16)10-6-4-3-5-9(10)7-8-11(13)15/h3-8H,2H2,1H3,(H2,13,15)(H,14,16)/b8-7+. The first-order chi connectivity index (χ1) is 7.65. The van der Waals surface area contributed by atoms with Gasteiger partial charge in [-0.05, 0) is 24.6 Å². The second-order valence-electron chi connectivity index (χ2n) is 3.18. The number of carbonyl (C=O) groups excluding carboxylic acids is 2. The summed E-state index contributed by atoms with van der Waals surface area (Å²) in [6.07, 6.45) is 2.77. The van der Waals surface area contributed by atoms with E-state index in [9.17, 15) is 9.59 Å². The minimum atomic E-state index is -0.536. The summed E-state index contributed by atoms with van der Waals surface area (Å²) in [5.41, 5.74) is 6.20. The fraction of sp³-hybridized carbons (Fsp3) is 0.167. The van der Waals surface area contributed by atoms with Crippen LogP contribution in [0.4, 0.5) is 0 Å². The lowest BCUT2D eigenvalue weighted by atomic mass is 10.1. The van der Waals surface area contributed by atoms with Gasteiger partial charge in [0.2, 0.25) is 5.91 Å². The van der Waals surface area contributed by atoms with Crippen molar-refractivity contribution in [3.05, 3.63) is 41.5 Å². The van der Waals surface area contributed by atoms with Gasteiger partial charge >= 0.3 is 0 Å². The Hall–Kier alpha value is -2.10. The van der Waals surface area contributed by atoms with Gasteiger partial charge in [-0.1, -0.05) is 18.2 Å². The van der Waals surface area contributed by atoms with Crippen LogP contribution in [0.1, 0.15) is 22.8 Å². The monoisotopic (exact) mass is 218 g/mol. The normalized spacial score (nSPS) is 10.3. The summed E-state index contributed by atoms with van der Waals surface area (Å²) in [5.74, 6) is -0.696. The molecule has 2 amide bonds. The van der Waals surface area contributed by atoms with Crippen molar-refractivity contribution >= 4 is 17.9 Å². The molecule has 0 saturated carbocycles. The van der Waals surface area contributed by atoms with E-state index in [1.165, 1.54) is 12.2 Å². The number of primary amides is 1. The molecule has 1 rings (SSSR count). The van der Waals surface area contributed by atoms with E-state index in [1.807, 2.05) is 6.92 Å². The summed E-state index contributed by atoms with van der Waals surface area (Å²) < 4.78 is 0. The van der Waals surface area contributed by atoms with Crippen LogP contribution in [0.3, 0.4) is 0 Å². The molecule has 0 bridgehead atoms. The van der Waals surface area contributed by atoms with E-state index in [-0.39, 0.29) is 5.91 Å². The lowest BCUT2D eigenvalue weighted by Gasteiger charge is -2.05. The van der Waals surface area contributed by atoms with E-state index >= 15 is 0 Å². The second-order valence-corrected chi connectivity index (χ2v) is 3.18. The zero-order valence-corrected chi connectivity index (χ0v) is 9.07. The zero-order chi connectivity index (χ0) is 12.0. The first-order valence-corrected chi connectivity index (χ1v) is 5.00. The van der Waals surface area contributed by atoms with E-state index < -0.39 is 5.91 Å². The summed E-state index contributed by atoms with van der Waals surface area (Å²) in [6.45, 7) is 2.41. The van der Waals surface area contributed by atoms with Gasteiger partial charge in [-0.25, -0.2) is 0 Å². The third-order valence-corrected chi connectivity index (χ3v) is 1.97. The van der Waals surface area contributed by atoms with Crippen LogP contribution in [0.25, 0.3) is 6.08 Å². The number of rotatable bonds is 4. The zero-order valence-electron chi connectivity index (χ0n) is 9.07. The average molecular weight is 218 g/mol. The molecular weight excluding hydrogens is 204 g/mol. The van der Waals surface area contributed by atoms with Crippen molar-refractivity contribution in [2.75, 3.05) is 6.54 Å². The van der Waals surface area contributed by atoms with Crippen molar-refractivity contribution in [1.82, 2.24) is 5.32 Å². The first kappa shape index (κ1) is 12.0. The molecule has 0 unspecified atom stereocenters.